The van der Waals surface area contributed by atoms with Crippen LogP contribution >= 0.6 is 7.52 Å². The van der Waals surface area contributed by atoms with Crippen molar-refractivity contribution in [3.05, 3.63) is 30.3 Å². The monoisotopic (exact) mass is 217 g/mol. The number of hydrogen-bond donors (Lipinski definition) is 1. The number of rotatable bonds is 4. The first-order valence-electron chi connectivity index (χ1n) is 3.90. The van der Waals surface area contributed by atoms with Crippen molar-refractivity contribution in [2.45, 2.75) is 0 Å². The SMILES string of the molecule is CON(OC)P(=O)(O)c1ccccc1. The molecule has 1 rings (SSSR count). The van der Waals surface area contributed by atoms with Crippen LogP contribution in [0.4, 0.5) is 0 Å². The summed E-state index contributed by atoms with van der Waals surface area (Å²) in [7, 11) is -1.25. The van der Waals surface area contributed by atoms with E-state index in [1.54, 1.807) is 18.2 Å². The fourth-order valence-electron chi connectivity index (χ4n) is 1.01. The summed E-state index contributed by atoms with van der Waals surface area (Å²) in [5.41, 5.74) is 0. The maximum Gasteiger partial charge on any atom is 0.346 e. The molecule has 0 saturated carbocycles. The van der Waals surface area contributed by atoms with Crippen molar-refractivity contribution in [3.63, 3.8) is 0 Å². The molecule has 1 N–H and O–H groups in total. The van der Waals surface area contributed by atoms with E-state index in [-0.39, 0.29) is 5.30 Å². The average Bonchev–Trinajstić information content (AvgIpc) is 2.20. The minimum absolute atomic E-state index is 0.253. The van der Waals surface area contributed by atoms with Crippen molar-refractivity contribution in [3.8, 4) is 0 Å². The molecule has 0 radical (unpaired) electrons. The molecule has 0 aliphatic carbocycles. The fourth-order valence-corrected chi connectivity index (χ4v) is 2.20. The van der Waals surface area contributed by atoms with E-state index in [9.17, 15) is 9.46 Å². The van der Waals surface area contributed by atoms with Gasteiger partial charge >= 0.3 is 7.52 Å². The highest BCUT2D eigenvalue weighted by molar-refractivity contribution is 7.63. The third-order valence-electron chi connectivity index (χ3n) is 1.63. The molecule has 78 valence electrons. The van der Waals surface area contributed by atoms with E-state index in [1.165, 1.54) is 26.4 Å². The Morgan fingerprint density at radius 2 is 1.71 bits per heavy atom. The lowest BCUT2D eigenvalue weighted by Gasteiger charge is -2.21. The van der Waals surface area contributed by atoms with Crippen LogP contribution in [0.2, 0.25) is 0 Å². The number of hydrogen-bond acceptors (Lipinski definition) is 3. The third kappa shape index (κ3) is 2.20. The Labute approximate surface area is 82.3 Å². The van der Waals surface area contributed by atoms with Crippen LogP contribution in [0.3, 0.4) is 0 Å². The van der Waals surface area contributed by atoms with Crippen molar-refractivity contribution in [2.75, 3.05) is 14.2 Å². The van der Waals surface area contributed by atoms with Crippen LogP contribution in [0.1, 0.15) is 0 Å². The van der Waals surface area contributed by atoms with Crippen molar-refractivity contribution < 1.29 is 19.1 Å². The lowest BCUT2D eigenvalue weighted by molar-refractivity contribution is -0.277. The maximum atomic E-state index is 11.8. The Bertz CT molecular complexity index is 325. The molecule has 0 aliphatic rings. The lowest BCUT2D eigenvalue weighted by Crippen LogP contribution is -2.23. The normalized spacial score (nSPS) is 15.4. The number of benzene rings is 1. The van der Waals surface area contributed by atoms with Crippen LogP contribution in [0.25, 0.3) is 0 Å². The molecule has 5 nitrogen and oxygen atoms in total. The topological polar surface area (TPSA) is 59.0 Å². The molecule has 0 fully saturated rings. The van der Waals surface area contributed by atoms with Gasteiger partial charge in [0, 0.05) is 5.00 Å². The van der Waals surface area contributed by atoms with Crippen molar-refractivity contribution in [2.24, 2.45) is 0 Å². The van der Waals surface area contributed by atoms with Gasteiger partial charge in [0.25, 0.3) is 0 Å². The predicted octanol–water partition coefficient (Wildman–Crippen LogP) is 0.922. The molecule has 1 aromatic carbocycles. The highest BCUT2D eigenvalue weighted by Crippen LogP contribution is 2.43. The van der Waals surface area contributed by atoms with Crippen LogP contribution in [-0.2, 0) is 14.2 Å². The minimum atomic E-state index is -3.77. The standard InChI is InChI=1S/C8H12NO4P/c1-12-9(13-2)14(10,11)8-6-4-3-5-7-8/h3-7H,1-2H3,(H,10,11). The molecule has 1 unspecified atom stereocenters. The molecule has 0 bridgehead atoms. The number of nitrogens with zero attached hydrogens (tertiary/aromatic N) is 1. The molecule has 6 heteroatoms. The smallest absolute Gasteiger partial charge is 0.327 e. The van der Waals surface area contributed by atoms with Crippen molar-refractivity contribution >= 4 is 12.8 Å². The first-order valence-corrected chi connectivity index (χ1v) is 5.51. The molecule has 1 aromatic rings. The molecule has 14 heavy (non-hydrogen) atoms. The van der Waals surface area contributed by atoms with Crippen LogP contribution in [0.15, 0.2) is 30.3 Å². The van der Waals surface area contributed by atoms with Crippen LogP contribution in [0, 0.1) is 0 Å². The zero-order valence-corrected chi connectivity index (χ0v) is 8.85. The summed E-state index contributed by atoms with van der Waals surface area (Å²) in [5.74, 6) is 0. The zero-order valence-electron chi connectivity index (χ0n) is 7.95. The molecular weight excluding hydrogens is 205 g/mol. The fraction of sp³-hybridized carbons (Fsp3) is 0.250. The molecule has 0 spiro atoms. The summed E-state index contributed by atoms with van der Waals surface area (Å²) in [6.07, 6.45) is 0. The first kappa shape index (κ1) is 11.4. The van der Waals surface area contributed by atoms with Crippen LogP contribution in [0.5, 0.6) is 0 Å². The van der Waals surface area contributed by atoms with Gasteiger partial charge in [0.05, 0.1) is 19.5 Å². The van der Waals surface area contributed by atoms with Gasteiger partial charge in [-0.2, -0.15) is 0 Å². The summed E-state index contributed by atoms with van der Waals surface area (Å²) in [6, 6.07) is 8.16. The van der Waals surface area contributed by atoms with E-state index in [0.717, 1.165) is 0 Å². The summed E-state index contributed by atoms with van der Waals surface area (Å²) in [5, 5.41) is 0.253. The second-order valence-corrected chi connectivity index (χ2v) is 4.41. The molecule has 0 heterocycles. The van der Waals surface area contributed by atoms with E-state index in [0.29, 0.717) is 5.00 Å². The molecule has 1 atom stereocenters. The largest absolute Gasteiger partial charge is 0.346 e. The molecule has 0 aromatic heterocycles. The van der Waals surface area contributed by atoms with E-state index in [2.05, 4.69) is 9.68 Å². The Hall–Kier alpha value is -0.710. The molecular formula is C8H12NO4P. The van der Waals surface area contributed by atoms with Gasteiger partial charge in [-0.1, -0.05) is 18.2 Å². The van der Waals surface area contributed by atoms with Gasteiger partial charge < -0.3 is 4.89 Å². The quantitative estimate of drug-likeness (QED) is 0.600. The van der Waals surface area contributed by atoms with Gasteiger partial charge in [-0.25, -0.2) is 0 Å². The van der Waals surface area contributed by atoms with Crippen molar-refractivity contribution in [1.82, 2.24) is 5.00 Å². The lowest BCUT2D eigenvalue weighted by atomic mass is 10.4. The second-order valence-electron chi connectivity index (χ2n) is 2.48. The van der Waals surface area contributed by atoms with Gasteiger partial charge in [-0.05, 0) is 12.1 Å². The van der Waals surface area contributed by atoms with Gasteiger partial charge in [0.15, 0.2) is 0 Å². The third-order valence-corrected chi connectivity index (χ3v) is 3.37. The second kappa shape index (κ2) is 4.68. The minimum Gasteiger partial charge on any atom is -0.327 e. The van der Waals surface area contributed by atoms with Crippen LogP contribution < -0.4 is 5.30 Å². The predicted molar refractivity (Wildman–Crippen MR) is 51.8 cm³/mol. The van der Waals surface area contributed by atoms with Gasteiger partial charge in [-0.3, -0.25) is 14.2 Å². The van der Waals surface area contributed by atoms with E-state index < -0.39 is 7.52 Å². The Morgan fingerprint density at radius 3 is 2.14 bits per heavy atom. The van der Waals surface area contributed by atoms with Crippen LogP contribution in [-0.4, -0.2) is 24.1 Å². The molecule has 0 aliphatic heterocycles. The van der Waals surface area contributed by atoms with Crippen molar-refractivity contribution in [1.29, 1.82) is 0 Å². The Morgan fingerprint density at radius 1 is 1.21 bits per heavy atom. The zero-order chi connectivity index (χ0) is 10.6. The molecule has 0 saturated heterocycles. The summed E-state index contributed by atoms with van der Waals surface area (Å²) in [4.78, 5) is 19.5. The summed E-state index contributed by atoms with van der Waals surface area (Å²) >= 11 is 0. The summed E-state index contributed by atoms with van der Waals surface area (Å²) < 4.78 is 11.8. The summed E-state index contributed by atoms with van der Waals surface area (Å²) in [6.45, 7) is 0. The highest BCUT2D eigenvalue weighted by Gasteiger charge is 2.31. The first-order chi connectivity index (χ1) is 6.62. The Balaban J connectivity index is 3.01. The van der Waals surface area contributed by atoms with E-state index >= 15 is 0 Å². The van der Waals surface area contributed by atoms with E-state index in [1.807, 2.05) is 0 Å². The molecule has 0 amide bonds. The maximum absolute atomic E-state index is 11.8. The van der Waals surface area contributed by atoms with Gasteiger partial charge in [0.1, 0.15) is 0 Å². The van der Waals surface area contributed by atoms with Gasteiger partial charge in [0.2, 0.25) is 0 Å². The van der Waals surface area contributed by atoms with Gasteiger partial charge in [-0.15, -0.1) is 0 Å². The average molecular weight is 217 g/mol. The van der Waals surface area contributed by atoms with E-state index in [4.69, 9.17) is 0 Å². The Kier molecular flexibility index (Phi) is 3.80. The highest BCUT2D eigenvalue weighted by atomic mass is 31.2.